The van der Waals surface area contributed by atoms with Gasteiger partial charge in [0.15, 0.2) is 0 Å². The molecule has 0 radical (unpaired) electrons. The van der Waals surface area contributed by atoms with Gasteiger partial charge in [-0.25, -0.2) is 4.39 Å². The maximum atomic E-state index is 12.6. The lowest BCUT2D eigenvalue weighted by Crippen LogP contribution is -2.51. The van der Waals surface area contributed by atoms with Crippen LogP contribution in [0.2, 0.25) is 0 Å². The third-order valence-corrected chi connectivity index (χ3v) is 2.18. The molecule has 1 aromatic rings. The summed E-state index contributed by atoms with van der Waals surface area (Å²) < 4.78 is 12.6. The molecule has 0 bridgehead atoms. The molecule has 1 aliphatic rings. The monoisotopic (exact) mass is 208 g/mol. The zero-order chi connectivity index (χ0) is 10.8. The van der Waals surface area contributed by atoms with Crippen LogP contribution in [0.1, 0.15) is 0 Å². The average Bonchev–Trinajstić information content (AvgIpc) is 2.23. The van der Waals surface area contributed by atoms with Crippen LogP contribution in [0.25, 0.3) is 0 Å². The number of carbonyl (C=O) groups is 2. The lowest BCUT2D eigenvalue weighted by Gasteiger charge is -2.26. The number of carbonyl (C=O) groups excluding carboxylic acids is 2. The minimum Gasteiger partial charge on any atom is -0.345 e. The largest absolute Gasteiger partial charge is 0.345 e. The van der Waals surface area contributed by atoms with Gasteiger partial charge in [-0.2, -0.15) is 0 Å². The molecule has 78 valence electrons. The van der Waals surface area contributed by atoms with Gasteiger partial charge in [0, 0.05) is 5.69 Å². The Bertz CT molecular complexity index is 402. The van der Waals surface area contributed by atoms with Crippen LogP contribution in [0.4, 0.5) is 10.1 Å². The number of benzene rings is 1. The van der Waals surface area contributed by atoms with Crippen LogP contribution in [0, 0.1) is 5.82 Å². The van der Waals surface area contributed by atoms with Gasteiger partial charge in [0.05, 0.1) is 6.54 Å². The second kappa shape index (κ2) is 3.68. The highest BCUT2D eigenvalue weighted by atomic mass is 19.1. The van der Waals surface area contributed by atoms with E-state index in [4.69, 9.17) is 0 Å². The Hall–Kier alpha value is -1.91. The molecule has 0 unspecified atom stereocenters. The molecule has 1 heterocycles. The van der Waals surface area contributed by atoms with Crippen molar-refractivity contribution < 1.29 is 14.0 Å². The van der Waals surface area contributed by atoms with Gasteiger partial charge in [0.2, 0.25) is 11.8 Å². The molecule has 5 heteroatoms. The van der Waals surface area contributed by atoms with Crippen molar-refractivity contribution in [3.63, 3.8) is 0 Å². The van der Waals surface area contributed by atoms with E-state index >= 15 is 0 Å². The summed E-state index contributed by atoms with van der Waals surface area (Å²) in [5.74, 6) is -0.771. The van der Waals surface area contributed by atoms with Crippen molar-refractivity contribution in [1.29, 1.82) is 0 Å². The molecule has 0 aromatic heterocycles. The second-order valence-electron chi connectivity index (χ2n) is 3.23. The van der Waals surface area contributed by atoms with Crippen molar-refractivity contribution in [1.82, 2.24) is 5.32 Å². The molecule has 2 rings (SSSR count). The third-order valence-electron chi connectivity index (χ3n) is 2.18. The van der Waals surface area contributed by atoms with Gasteiger partial charge < -0.3 is 10.2 Å². The van der Waals surface area contributed by atoms with Gasteiger partial charge in [-0.1, -0.05) is 0 Å². The predicted octanol–water partition coefficient (Wildman–Crippen LogP) is 0.289. The molecule has 0 saturated carbocycles. The number of anilines is 1. The molecule has 15 heavy (non-hydrogen) atoms. The summed E-state index contributed by atoms with van der Waals surface area (Å²) in [7, 11) is 0. The lowest BCUT2D eigenvalue weighted by atomic mass is 10.2. The summed E-state index contributed by atoms with van der Waals surface area (Å²) in [6, 6.07) is 5.47. The van der Waals surface area contributed by atoms with E-state index in [0.29, 0.717) is 5.69 Å². The molecule has 1 saturated heterocycles. The predicted molar refractivity (Wildman–Crippen MR) is 51.8 cm³/mol. The number of halogens is 1. The Kier molecular flexibility index (Phi) is 2.37. The van der Waals surface area contributed by atoms with Crippen LogP contribution >= 0.6 is 0 Å². The Labute approximate surface area is 85.7 Å². The first kappa shape index (κ1) is 9.64. The SMILES string of the molecule is O=C1CN(c2ccc(F)cc2)C(=O)CN1. The first-order valence-corrected chi connectivity index (χ1v) is 4.49. The molecule has 4 nitrogen and oxygen atoms in total. The quantitative estimate of drug-likeness (QED) is 0.721. The van der Waals surface area contributed by atoms with Crippen LogP contribution in [-0.2, 0) is 9.59 Å². The Balaban J connectivity index is 2.25. The molecule has 1 N–H and O–H groups in total. The van der Waals surface area contributed by atoms with Gasteiger partial charge in [0.1, 0.15) is 12.4 Å². The second-order valence-corrected chi connectivity index (χ2v) is 3.23. The zero-order valence-corrected chi connectivity index (χ0v) is 7.87. The molecule has 0 aliphatic carbocycles. The summed E-state index contributed by atoms with van der Waals surface area (Å²) in [5.41, 5.74) is 0.538. The molecule has 0 spiro atoms. The Morgan fingerprint density at radius 2 is 1.87 bits per heavy atom. The molecule has 2 amide bonds. The van der Waals surface area contributed by atoms with Crippen molar-refractivity contribution in [3.8, 4) is 0 Å². The minimum atomic E-state index is -0.368. The fourth-order valence-corrected chi connectivity index (χ4v) is 1.41. The number of rotatable bonds is 1. The number of piperazine rings is 1. The van der Waals surface area contributed by atoms with Crippen LogP contribution in [0.5, 0.6) is 0 Å². The smallest absolute Gasteiger partial charge is 0.246 e. The van der Waals surface area contributed by atoms with Crippen molar-refractivity contribution in [3.05, 3.63) is 30.1 Å². The summed E-state index contributed by atoms with van der Waals surface area (Å²) in [4.78, 5) is 23.9. The number of nitrogens with zero attached hydrogens (tertiary/aromatic N) is 1. The number of nitrogens with one attached hydrogen (secondary N) is 1. The molecule has 1 aliphatic heterocycles. The lowest BCUT2D eigenvalue weighted by molar-refractivity contribution is -0.128. The van der Waals surface area contributed by atoms with Crippen LogP contribution in [0.3, 0.4) is 0 Å². The fraction of sp³-hybridized carbons (Fsp3) is 0.200. The van der Waals surface area contributed by atoms with Crippen molar-refractivity contribution >= 4 is 17.5 Å². The van der Waals surface area contributed by atoms with Gasteiger partial charge >= 0.3 is 0 Å². The van der Waals surface area contributed by atoms with E-state index in [9.17, 15) is 14.0 Å². The number of hydrogen-bond acceptors (Lipinski definition) is 2. The van der Waals surface area contributed by atoms with E-state index in [0.717, 1.165) is 0 Å². The maximum Gasteiger partial charge on any atom is 0.246 e. The highest BCUT2D eigenvalue weighted by Crippen LogP contribution is 2.15. The van der Waals surface area contributed by atoms with E-state index in [-0.39, 0.29) is 30.7 Å². The third kappa shape index (κ3) is 1.96. The van der Waals surface area contributed by atoms with Gasteiger partial charge in [0.25, 0.3) is 0 Å². The molecule has 1 aromatic carbocycles. The summed E-state index contributed by atoms with van der Waals surface area (Å²) >= 11 is 0. The van der Waals surface area contributed by atoms with Gasteiger partial charge in [-0.05, 0) is 24.3 Å². The Morgan fingerprint density at radius 1 is 1.20 bits per heavy atom. The van der Waals surface area contributed by atoms with Crippen molar-refractivity contribution in [2.75, 3.05) is 18.0 Å². The highest BCUT2D eigenvalue weighted by Gasteiger charge is 2.23. The average molecular weight is 208 g/mol. The van der Waals surface area contributed by atoms with E-state index < -0.39 is 0 Å². The van der Waals surface area contributed by atoms with E-state index in [2.05, 4.69) is 5.32 Å². The highest BCUT2D eigenvalue weighted by molar-refractivity contribution is 6.04. The normalized spacial score (nSPS) is 16.5. The maximum absolute atomic E-state index is 12.6. The standard InChI is InChI=1S/C10H9FN2O2/c11-7-1-3-8(4-2-7)13-6-9(14)12-5-10(13)15/h1-4H,5-6H2,(H,12,14). The summed E-state index contributed by atoms with van der Waals surface area (Å²) in [6.45, 7) is -0.0132. The van der Waals surface area contributed by atoms with Gasteiger partial charge in [-0.3, -0.25) is 9.59 Å². The molecule has 0 atom stereocenters. The van der Waals surface area contributed by atoms with Crippen molar-refractivity contribution in [2.24, 2.45) is 0 Å². The van der Waals surface area contributed by atoms with Crippen LogP contribution in [-0.4, -0.2) is 24.9 Å². The van der Waals surface area contributed by atoms with Gasteiger partial charge in [-0.15, -0.1) is 0 Å². The number of amides is 2. The molecule has 1 fully saturated rings. The number of hydrogen-bond donors (Lipinski definition) is 1. The molecular formula is C10H9FN2O2. The van der Waals surface area contributed by atoms with Crippen LogP contribution < -0.4 is 10.2 Å². The first-order chi connectivity index (χ1) is 7.16. The van der Waals surface area contributed by atoms with E-state index in [1.165, 1.54) is 29.2 Å². The van der Waals surface area contributed by atoms with E-state index in [1.54, 1.807) is 0 Å². The topological polar surface area (TPSA) is 49.4 Å². The first-order valence-electron chi connectivity index (χ1n) is 4.49. The zero-order valence-electron chi connectivity index (χ0n) is 7.87. The fourth-order valence-electron chi connectivity index (χ4n) is 1.41. The van der Waals surface area contributed by atoms with Crippen LogP contribution in [0.15, 0.2) is 24.3 Å². The summed E-state index contributed by atoms with van der Waals surface area (Å²) in [5, 5.41) is 2.44. The molecular weight excluding hydrogens is 199 g/mol. The van der Waals surface area contributed by atoms with Crippen molar-refractivity contribution in [2.45, 2.75) is 0 Å². The minimum absolute atomic E-state index is 0.00376. The Morgan fingerprint density at radius 3 is 2.53 bits per heavy atom. The van der Waals surface area contributed by atoms with E-state index in [1.807, 2.05) is 0 Å². The summed E-state index contributed by atoms with van der Waals surface area (Å²) in [6.07, 6.45) is 0.